The molecule has 1 aliphatic heterocycles. The third kappa shape index (κ3) is 2.88. The molecule has 0 radical (unpaired) electrons. The van der Waals surface area contributed by atoms with Gasteiger partial charge in [0.1, 0.15) is 6.61 Å². The Morgan fingerprint density at radius 2 is 2.10 bits per heavy atom. The van der Waals surface area contributed by atoms with Crippen molar-refractivity contribution in [3.63, 3.8) is 0 Å². The van der Waals surface area contributed by atoms with Crippen LogP contribution in [0.4, 0.5) is 5.69 Å². The van der Waals surface area contributed by atoms with E-state index in [1.54, 1.807) is 36.9 Å². The van der Waals surface area contributed by atoms with E-state index in [2.05, 4.69) is 12.1 Å². The number of benzene rings is 2. The van der Waals surface area contributed by atoms with Crippen LogP contribution in [0.1, 0.15) is 11.1 Å². The molecule has 1 aliphatic rings. The number of para-hydroxylation sites is 1. The van der Waals surface area contributed by atoms with E-state index in [4.69, 9.17) is 4.74 Å². The summed E-state index contributed by atoms with van der Waals surface area (Å²) < 4.78 is 5.73. The molecule has 1 atom stereocenters. The minimum absolute atomic E-state index is 0.0676. The van der Waals surface area contributed by atoms with Crippen LogP contribution in [0.15, 0.2) is 47.4 Å². The number of nitro benzene ring substituents is 1. The molecule has 2 aromatic carbocycles. The summed E-state index contributed by atoms with van der Waals surface area (Å²) in [7, 11) is 0. The van der Waals surface area contributed by atoms with Crippen molar-refractivity contribution in [3.05, 3.63) is 63.7 Å². The molecule has 0 N–H and O–H groups in total. The number of nitro groups is 1. The molecular formula is C16H15NO3S. The van der Waals surface area contributed by atoms with Crippen molar-refractivity contribution in [1.29, 1.82) is 0 Å². The normalized spacial score (nSPS) is 16.5. The zero-order valence-electron chi connectivity index (χ0n) is 11.6. The first kappa shape index (κ1) is 13.9. The highest BCUT2D eigenvalue weighted by Crippen LogP contribution is 2.38. The maximum atomic E-state index is 11.1. The van der Waals surface area contributed by atoms with Crippen LogP contribution in [0.2, 0.25) is 0 Å². The Hall–Kier alpha value is -2.01. The van der Waals surface area contributed by atoms with Crippen LogP contribution in [-0.2, 0) is 6.42 Å². The van der Waals surface area contributed by atoms with Crippen LogP contribution >= 0.6 is 11.8 Å². The zero-order chi connectivity index (χ0) is 14.8. The lowest BCUT2D eigenvalue weighted by Gasteiger charge is -2.11. The Morgan fingerprint density at radius 1 is 1.29 bits per heavy atom. The van der Waals surface area contributed by atoms with Gasteiger partial charge in [0.2, 0.25) is 0 Å². The number of fused-ring (bicyclic) bond motifs is 1. The first-order valence-corrected chi connectivity index (χ1v) is 7.64. The number of ether oxygens (including phenoxy) is 1. The van der Waals surface area contributed by atoms with E-state index < -0.39 is 0 Å². The van der Waals surface area contributed by atoms with Gasteiger partial charge in [0.05, 0.1) is 4.92 Å². The van der Waals surface area contributed by atoms with E-state index >= 15 is 0 Å². The number of hydrogen-bond donors (Lipinski definition) is 0. The molecule has 0 fully saturated rings. The zero-order valence-corrected chi connectivity index (χ0v) is 12.4. The fourth-order valence-corrected chi connectivity index (χ4v) is 3.73. The molecular weight excluding hydrogens is 286 g/mol. The minimum Gasteiger partial charge on any atom is -0.486 e. The number of rotatable bonds is 4. The quantitative estimate of drug-likeness (QED) is 0.632. The smallest absolute Gasteiger partial charge is 0.313 e. The van der Waals surface area contributed by atoms with Gasteiger partial charge < -0.3 is 4.74 Å². The van der Waals surface area contributed by atoms with Gasteiger partial charge in [0.15, 0.2) is 5.75 Å². The summed E-state index contributed by atoms with van der Waals surface area (Å²) in [5, 5.41) is 11.4. The summed E-state index contributed by atoms with van der Waals surface area (Å²) in [4.78, 5) is 12.0. The summed E-state index contributed by atoms with van der Waals surface area (Å²) in [5.74, 6) is 0.358. The highest BCUT2D eigenvalue weighted by atomic mass is 32.2. The van der Waals surface area contributed by atoms with Crippen LogP contribution in [-0.4, -0.2) is 16.8 Å². The maximum absolute atomic E-state index is 11.1. The molecule has 2 aromatic rings. The molecule has 0 saturated heterocycles. The molecule has 0 spiro atoms. The fraction of sp³-hybridized carbons (Fsp3) is 0.250. The van der Waals surface area contributed by atoms with E-state index in [0.717, 1.165) is 6.42 Å². The fourth-order valence-electron chi connectivity index (χ4n) is 2.51. The third-order valence-electron chi connectivity index (χ3n) is 3.52. The molecule has 0 saturated carbocycles. The van der Waals surface area contributed by atoms with Gasteiger partial charge in [-0.15, -0.1) is 11.8 Å². The second-order valence-corrected chi connectivity index (χ2v) is 6.38. The molecule has 1 unspecified atom stereocenters. The third-order valence-corrected chi connectivity index (χ3v) is 4.81. The summed E-state index contributed by atoms with van der Waals surface area (Å²) >= 11 is 1.78. The Morgan fingerprint density at radius 3 is 2.86 bits per heavy atom. The van der Waals surface area contributed by atoms with Gasteiger partial charge in [-0.25, -0.2) is 0 Å². The van der Waals surface area contributed by atoms with Crippen LogP contribution < -0.4 is 4.74 Å². The standard InChI is InChI=1S/C16H15NO3S/c1-11-5-4-7-14(16(11)17(18)19)20-10-13-9-12-6-2-3-8-15(12)21-13/h2-8,13H,9-10H2,1H3. The van der Waals surface area contributed by atoms with Crippen LogP contribution in [0.25, 0.3) is 0 Å². The highest BCUT2D eigenvalue weighted by Gasteiger charge is 2.24. The lowest BCUT2D eigenvalue weighted by molar-refractivity contribution is -0.386. The van der Waals surface area contributed by atoms with Crippen molar-refractivity contribution >= 4 is 17.4 Å². The summed E-state index contributed by atoms with van der Waals surface area (Å²) in [6.07, 6.45) is 0.945. The van der Waals surface area contributed by atoms with Crippen molar-refractivity contribution < 1.29 is 9.66 Å². The molecule has 0 bridgehead atoms. The average Bonchev–Trinajstić information content (AvgIpc) is 2.87. The lowest BCUT2D eigenvalue weighted by Crippen LogP contribution is -2.14. The second kappa shape index (κ2) is 5.77. The summed E-state index contributed by atoms with van der Waals surface area (Å²) in [6, 6.07) is 13.5. The Labute approximate surface area is 127 Å². The Balaban J connectivity index is 1.70. The maximum Gasteiger partial charge on any atom is 0.313 e. The summed E-state index contributed by atoms with van der Waals surface area (Å²) in [5.41, 5.74) is 2.02. The monoisotopic (exact) mass is 301 g/mol. The van der Waals surface area contributed by atoms with Crippen LogP contribution in [0.5, 0.6) is 5.75 Å². The predicted molar refractivity (Wildman–Crippen MR) is 83.1 cm³/mol. The lowest BCUT2D eigenvalue weighted by atomic mass is 10.1. The van der Waals surface area contributed by atoms with Crippen molar-refractivity contribution in [1.82, 2.24) is 0 Å². The van der Waals surface area contributed by atoms with Gasteiger partial charge in [-0.05, 0) is 31.0 Å². The molecule has 0 aliphatic carbocycles. The molecule has 4 nitrogen and oxygen atoms in total. The second-order valence-electron chi connectivity index (χ2n) is 5.04. The van der Waals surface area contributed by atoms with E-state index in [1.807, 2.05) is 12.1 Å². The average molecular weight is 301 g/mol. The van der Waals surface area contributed by atoms with Gasteiger partial charge in [0.25, 0.3) is 0 Å². The summed E-state index contributed by atoms with van der Waals surface area (Å²) in [6.45, 7) is 2.20. The van der Waals surface area contributed by atoms with Crippen molar-refractivity contribution in [3.8, 4) is 5.75 Å². The molecule has 0 aromatic heterocycles. The molecule has 21 heavy (non-hydrogen) atoms. The SMILES string of the molecule is Cc1cccc(OCC2Cc3ccccc3S2)c1[N+](=O)[O-]. The largest absolute Gasteiger partial charge is 0.486 e. The van der Waals surface area contributed by atoms with Crippen LogP contribution in [0.3, 0.4) is 0 Å². The van der Waals surface area contributed by atoms with Gasteiger partial charge >= 0.3 is 5.69 Å². The number of hydrogen-bond acceptors (Lipinski definition) is 4. The molecule has 108 valence electrons. The first-order valence-electron chi connectivity index (χ1n) is 6.76. The topological polar surface area (TPSA) is 52.4 Å². The molecule has 5 heteroatoms. The van der Waals surface area contributed by atoms with E-state index in [1.165, 1.54) is 10.5 Å². The van der Waals surface area contributed by atoms with Gasteiger partial charge in [-0.1, -0.05) is 30.3 Å². The highest BCUT2D eigenvalue weighted by molar-refractivity contribution is 8.00. The number of aryl methyl sites for hydroxylation is 1. The first-order chi connectivity index (χ1) is 10.1. The number of nitrogens with zero attached hydrogens (tertiary/aromatic N) is 1. The van der Waals surface area contributed by atoms with Gasteiger partial charge in [0, 0.05) is 15.7 Å². The van der Waals surface area contributed by atoms with E-state index in [-0.39, 0.29) is 10.6 Å². The predicted octanol–water partition coefficient (Wildman–Crippen LogP) is 4.00. The Kier molecular flexibility index (Phi) is 3.84. The van der Waals surface area contributed by atoms with Crippen molar-refractivity contribution in [2.45, 2.75) is 23.5 Å². The van der Waals surface area contributed by atoms with Gasteiger partial charge in [-0.2, -0.15) is 0 Å². The Bertz CT molecular complexity index is 662. The molecule has 0 amide bonds. The molecule has 3 rings (SSSR count). The molecule has 1 heterocycles. The van der Waals surface area contributed by atoms with Crippen molar-refractivity contribution in [2.75, 3.05) is 6.61 Å². The van der Waals surface area contributed by atoms with Crippen LogP contribution in [0, 0.1) is 17.0 Å². The van der Waals surface area contributed by atoms with E-state index in [0.29, 0.717) is 23.2 Å². The van der Waals surface area contributed by atoms with Gasteiger partial charge in [-0.3, -0.25) is 10.1 Å². The van der Waals surface area contributed by atoms with E-state index in [9.17, 15) is 10.1 Å². The van der Waals surface area contributed by atoms with Crippen molar-refractivity contribution in [2.24, 2.45) is 0 Å². The minimum atomic E-state index is -0.374. The number of thioether (sulfide) groups is 1.